The van der Waals surface area contributed by atoms with Crippen LogP contribution in [0.15, 0.2) is 23.2 Å². The predicted octanol–water partition coefficient (Wildman–Crippen LogP) is 2.32. The average Bonchev–Trinajstić information content (AvgIpc) is 2.08. The summed E-state index contributed by atoms with van der Waals surface area (Å²) in [6, 6.07) is 4.80. The monoisotopic (exact) mass is 183 g/mol. The van der Waals surface area contributed by atoms with Crippen molar-refractivity contribution in [2.75, 3.05) is 7.11 Å². The molecule has 62 valence electrons. The van der Waals surface area contributed by atoms with Crippen LogP contribution in [-0.2, 0) is 4.79 Å². The second-order valence-corrected chi connectivity index (χ2v) is 2.46. The minimum absolute atomic E-state index is 0.428. The zero-order valence-corrected chi connectivity index (χ0v) is 7.13. The Labute approximate surface area is 74.6 Å². The lowest BCUT2D eigenvalue weighted by atomic mass is 10.3. The molecule has 1 rings (SSSR count). The highest BCUT2D eigenvalue weighted by molar-refractivity contribution is 6.30. The quantitative estimate of drug-likeness (QED) is 0.521. The first-order valence-electron chi connectivity index (χ1n) is 3.19. The van der Waals surface area contributed by atoms with Crippen LogP contribution in [0.1, 0.15) is 0 Å². The molecule has 1 aromatic rings. The Bertz CT molecular complexity index is 332. The van der Waals surface area contributed by atoms with E-state index >= 15 is 0 Å². The summed E-state index contributed by atoms with van der Waals surface area (Å²) < 4.78 is 4.92. The zero-order chi connectivity index (χ0) is 8.97. The molecule has 0 unspecified atom stereocenters. The van der Waals surface area contributed by atoms with E-state index in [9.17, 15) is 4.79 Å². The van der Waals surface area contributed by atoms with Gasteiger partial charge in [0.25, 0.3) is 0 Å². The number of ether oxygens (including phenoxy) is 1. The van der Waals surface area contributed by atoms with E-state index in [1.165, 1.54) is 13.2 Å². The summed E-state index contributed by atoms with van der Waals surface area (Å²) >= 11 is 5.68. The van der Waals surface area contributed by atoms with Gasteiger partial charge in [0, 0.05) is 11.1 Å². The van der Waals surface area contributed by atoms with Crippen LogP contribution in [0.5, 0.6) is 5.75 Å². The molecule has 0 aliphatic heterocycles. The number of hydrogen-bond acceptors (Lipinski definition) is 3. The number of nitrogens with zero attached hydrogens (tertiary/aromatic N) is 1. The topological polar surface area (TPSA) is 38.7 Å². The first-order chi connectivity index (χ1) is 5.77. The van der Waals surface area contributed by atoms with E-state index in [4.69, 9.17) is 16.3 Å². The third-order valence-corrected chi connectivity index (χ3v) is 1.54. The van der Waals surface area contributed by atoms with Crippen molar-refractivity contribution in [3.8, 4) is 5.75 Å². The van der Waals surface area contributed by atoms with Crippen LogP contribution in [0.4, 0.5) is 5.69 Å². The lowest BCUT2D eigenvalue weighted by Crippen LogP contribution is -1.82. The van der Waals surface area contributed by atoms with Gasteiger partial charge in [0.15, 0.2) is 0 Å². The van der Waals surface area contributed by atoms with Gasteiger partial charge in [-0.3, -0.25) is 0 Å². The standard InChI is InChI=1S/C8H6ClNO2/c1-12-8-4-6(9)2-3-7(8)10-5-11/h2-4H,1H3. The van der Waals surface area contributed by atoms with Gasteiger partial charge in [0.2, 0.25) is 6.08 Å². The highest BCUT2D eigenvalue weighted by Crippen LogP contribution is 2.29. The van der Waals surface area contributed by atoms with Crippen LogP contribution in [0.3, 0.4) is 0 Å². The second-order valence-electron chi connectivity index (χ2n) is 2.02. The number of isocyanates is 1. The summed E-state index contributed by atoms with van der Waals surface area (Å²) in [5.41, 5.74) is 0.428. The summed E-state index contributed by atoms with van der Waals surface area (Å²) in [6.45, 7) is 0. The maximum atomic E-state index is 9.95. The van der Waals surface area contributed by atoms with Gasteiger partial charge in [0.1, 0.15) is 11.4 Å². The molecule has 0 saturated carbocycles. The number of rotatable bonds is 2. The Morgan fingerprint density at radius 2 is 2.33 bits per heavy atom. The SMILES string of the molecule is COc1cc(Cl)ccc1N=C=O. The number of methoxy groups -OCH3 is 1. The number of aliphatic imine (C=N–C) groups is 1. The second kappa shape index (κ2) is 3.90. The molecule has 0 radical (unpaired) electrons. The van der Waals surface area contributed by atoms with Crippen molar-refractivity contribution in [2.24, 2.45) is 4.99 Å². The Balaban J connectivity index is 3.19. The van der Waals surface area contributed by atoms with Crippen molar-refractivity contribution in [3.63, 3.8) is 0 Å². The zero-order valence-electron chi connectivity index (χ0n) is 6.37. The van der Waals surface area contributed by atoms with Crippen LogP contribution in [0.25, 0.3) is 0 Å². The summed E-state index contributed by atoms with van der Waals surface area (Å²) in [7, 11) is 1.48. The van der Waals surface area contributed by atoms with E-state index < -0.39 is 0 Å². The summed E-state index contributed by atoms with van der Waals surface area (Å²) in [5.74, 6) is 0.464. The fraction of sp³-hybridized carbons (Fsp3) is 0.125. The van der Waals surface area contributed by atoms with Crippen LogP contribution >= 0.6 is 11.6 Å². The molecule has 1 aromatic carbocycles. The van der Waals surface area contributed by atoms with E-state index in [1.807, 2.05) is 0 Å². The van der Waals surface area contributed by atoms with Gasteiger partial charge in [-0.25, -0.2) is 4.79 Å². The van der Waals surface area contributed by atoms with Crippen molar-refractivity contribution >= 4 is 23.4 Å². The van der Waals surface area contributed by atoms with Crippen molar-refractivity contribution in [1.82, 2.24) is 0 Å². The minimum atomic E-state index is 0.428. The molecule has 0 fully saturated rings. The highest BCUT2D eigenvalue weighted by Gasteiger charge is 2.00. The van der Waals surface area contributed by atoms with Gasteiger partial charge >= 0.3 is 0 Å². The summed E-state index contributed by atoms with van der Waals surface area (Å²) in [5, 5.41) is 0.539. The van der Waals surface area contributed by atoms with Gasteiger partial charge < -0.3 is 4.74 Å². The van der Waals surface area contributed by atoms with Crippen molar-refractivity contribution < 1.29 is 9.53 Å². The Morgan fingerprint density at radius 1 is 1.58 bits per heavy atom. The number of benzene rings is 1. The lowest BCUT2D eigenvalue weighted by molar-refractivity contribution is 0.416. The normalized spacial score (nSPS) is 8.83. The molecule has 0 atom stereocenters. The van der Waals surface area contributed by atoms with Gasteiger partial charge in [-0.15, -0.1) is 0 Å². The van der Waals surface area contributed by atoms with Crippen molar-refractivity contribution in [3.05, 3.63) is 23.2 Å². The van der Waals surface area contributed by atoms with Gasteiger partial charge in [0.05, 0.1) is 7.11 Å². The van der Waals surface area contributed by atoms with E-state index in [2.05, 4.69) is 4.99 Å². The number of carbonyl (C=O) groups excluding carboxylic acids is 1. The average molecular weight is 184 g/mol. The van der Waals surface area contributed by atoms with Crippen LogP contribution in [0.2, 0.25) is 5.02 Å². The number of halogens is 1. The molecule has 0 saturated heterocycles. The molecule has 0 heterocycles. The molecular weight excluding hydrogens is 178 g/mol. The van der Waals surface area contributed by atoms with E-state index in [0.29, 0.717) is 16.5 Å². The molecule has 0 aromatic heterocycles. The molecule has 0 aliphatic rings. The fourth-order valence-electron chi connectivity index (χ4n) is 0.793. The van der Waals surface area contributed by atoms with Crippen LogP contribution < -0.4 is 4.74 Å². The Hall–Kier alpha value is -1.31. The molecular formula is C8H6ClNO2. The molecule has 0 aliphatic carbocycles. The van der Waals surface area contributed by atoms with Crippen LogP contribution in [0, 0.1) is 0 Å². The largest absolute Gasteiger partial charge is 0.494 e. The Morgan fingerprint density at radius 3 is 2.92 bits per heavy atom. The Kier molecular flexibility index (Phi) is 2.86. The lowest BCUT2D eigenvalue weighted by Gasteiger charge is -2.01. The van der Waals surface area contributed by atoms with Crippen molar-refractivity contribution in [1.29, 1.82) is 0 Å². The smallest absolute Gasteiger partial charge is 0.240 e. The fourth-order valence-corrected chi connectivity index (χ4v) is 0.955. The van der Waals surface area contributed by atoms with E-state index in [1.54, 1.807) is 18.2 Å². The highest BCUT2D eigenvalue weighted by atomic mass is 35.5. The van der Waals surface area contributed by atoms with Gasteiger partial charge in [-0.2, -0.15) is 4.99 Å². The summed E-state index contributed by atoms with van der Waals surface area (Å²) in [4.78, 5) is 13.4. The molecule has 4 heteroatoms. The summed E-state index contributed by atoms with van der Waals surface area (Å²) in [6.07, 6.45) is 1.43. The molecule has 0 N–H and O–H groups in total. The third-order valence-electron chi connectivity index (χ3n) is 1.31. The minimum Gasteiger partial charge on any atom is -0.494 e. The first kappa shape index (κ1) is 8.78. The maximum Gasteiger partial charge on any atom is 0.240 e. The molecule has 12 heavy (non-hydrogen) atoms. The number of hydrogen-bond donors (Lipinski definition) is 0. The van der Waals surface area contributed by atoms with E-state index in [0.717, 1.165) is 0 Å². The van der Waals surface area contributed by atoms with Crippen LogP contribution in [-0.4, -0.2) is 13.2 Å². The molecule has 0 bridgehead atoms. The predicted molar refractivity (Wildman–Crippen MR) is 45.8 cm³/mol. The van der Waals surface area contributed by atoms with Crippen molar-refractivity contribution in [2.45, 2.75) is 0 Å². The molecule has 0 spiro atoms. The van der Waals surface area contributed by atoms with Gasteiger partial charge in [-0.05, 0) is 12.1 Å². The first-order valence-corrected chi connectivity index (χ1v) is 3.57. The third kappa shape index (κ3) is 1.84. The molecule has 3 nitrogen and oxygen atoms in total. The van der Waals surface area contributed by atoms with E-state index in [-0.39, 0.29) is 0 Å². The van der Waals surface area contributed by atoms with Gasteiger partial charge in [-0.1, -0.05) is 11.6 Å². The maximum absolute atomic E-state index is 9.95. The molecule has 0 amide bonds.